The first kappa shape index (κ1) is 13.1. The van der Waals surface area contributed by atoms with Gasteiger partial charge in [0.05, 0.1) is 12.2 Å². The third-order valence-electron chi connectivity index (χ3n) is 2.77. The van der Waals surface area contributed by atoms with Gasteiger partial charge in [0, 0.05) is 0 Å². The van der Waals surface area contributed by atoms with Gasteiger partial charge in [-0.25, -0.2) is 4.79 Å². The zero-order valence-corrected chi connectivity index (χ0v) is 10.8. The molecular weight excluding hydrogens is 240 g/mol. The van der Waals surface area contributed by atoms with E-state index >= 15 is 0 Å². The second kappa shape index (κ2) is 6.05. The van der Waals surface area contributed by atoms with Crippen molar-refractivity contribution in [2.24, 2.45) is 0 Å². The molecule has 0 spiro atoms. The molecule has 0 aliphatic carbocycles. The number of aromatic carboxylic acids is 1. The molecule has 0 heterocycles. The molecule has 0 bridgehead atoms. The van der Waals surface area contributed by atoms with Crippen molar-refractivity contribution >= 4 is 5.97 Å². The molecule has 2 aromatic rings. The molecule has 0 radical (unpaired) electrons. The summed E-state index contributed by atoms with van der Waals surface area (Å²) in [6.45, 7) is 2.76. The van der Waals surface area contributed by atoms with Crippen LogP contribution in [0.4, 0.5) is 0 Å². The van der Waals surface area contributed by atoms with Crippen LogP contribution in [0.1, 0.15) is 23.7 Å². The van der Waals surface area contributed by atoms with Gasteiger partial charge in [-0.05, 0) is 41.8 Å². The van der Waals surface area contributed by atoms with Crippen LogP contribution in [0, 0.1) is 0 Å². The van der Waals surface area contributed by atoms with E-state index in [1.54, 1.807) is 18.2 Å². The fourth-order valence-corrected chi connectivity index (χ4v) is 1.80. The van der Waals surface area contributed by atoms with Gasteiger partial charge < -0.3 is 9.84 Å². The summed E-state index contributed by atoms with van der Waals surface area (Å²) in [6, 6.07) is 14.6. The lowest BCUT2D eigenvalue weighted by molar-refractivity contribution is 0.0697. The molecule has 0 fully saturated rings. The van der Waals surface area contributed by atoms with Crippen molar-refractivity contribution in [3.05, 3.63) is 54.1 Å². The Balaban J connectivity index is 2.22. The zero-order chi connectivity index (χ0) is 13.7. The maximum absolute atomic E-state index is 10.9. The highest BCUT2D eigenvalue weighted by atomic mass is 16.5. The Morgan fingerprint density at radius 2 is 1.84 bits per heavy atom. The van der Waals surface area contributed by atoms with Crippen LogP contribution in [0.3, 0.4) is 0 Å². The zero-order valence-electron chi connectivity index (χ0n) is 10.8. The van der Waals surface area contributed by atoms with Crippen LogP contribution >= 0.6 is 0 Å². The van der Waals surface area contributed by atoms with E-state index in [0.717, 1.165) is 23.3 Å². The van der Waals surface area contributed by atoms with E-state index in [4.69, 9.17) is 9.84 Å². The fourth-order valence-electron chi connectivity index (χ4n) is 1.80. The fraction of sp³-hybridized carbons (Fsp3) is 0.188. The average Bonchev–Trinajstić information content (AvgIpc) is 2.46. The summed E-state index contributed by atoms with van der Waals surface area (Å²) in [6.07, 6.45) is 0.975. The maximum Gasteiger partial charge on any atom is 0.335 e. The van der Waals surface area contributed by atoms with Crippen molar-refractivity contribution in [2.45, 2.75) is 13.3 Å². The highest BCUT2D eigenvalue weighted by Gasteiger charge is 2.04. The number of ether oxygens (including phenoxy) is 1. The van der Waals surface area contributed by atoms with Crippen molar-refractivity contribution in [3.8, 4) is 16.9 Å². The van der Waals surface area contributed by atoms with Gasteiger partial charge in [-0.15, -0.1) is 0 Å². The van der Waals surface area contributed by atoms with Crippen molar-refractivity contribution in [2.75, 3.05) is 6.61 Å². The highest BCUT2D eigenvalue weighted by Crippen LogP contribution is 2.23. The van der Waals surface area contributed by atoms with E-state index in [0.29, 0.717) is 12.2 Å². The van der Waals surface area contributed by atoms with Crippen molar-refractivity contribution in [3.63, 3.8) is 0 Å². The summed E-state index contributed by atoms with van der Waals surface area (Å²) in [5.41, 5.74) is 2.16. The molecule has 2 rings (SSSR count). The largest absolute Gasteiger partial charge is 0.494 e. The minimum Gasteiger partial charge on any atom is -0.494 e. The van der Waals surface area contributed by atoms with Gasteiger partial charge in [-0.3, -0.25) is 0 Å². The standard InChI is InChI=1S/C16H16O3/c1-2-10-19-15-8-6-12(7-9-15)13-4-3-5-14(11-13)16(17)18/h3-9,11H,2,10H2,1H3,(H,17,18). The number of hydrogen-bond acceptors (Lipinski definition) is 2. The molecule has 3 heteroatoms. The van der Waals surface area contributed by atoms with Gasteiger partial charge in [-0.2, -0.15) is 0 Å². The highest BCUT2D eigenvalue weighted by molar-refractivity contribution is 5.89. The van der Waals surface area contributed by atoms with Gasteiger partial charge in [0.25, 0.3) is 0 Å². The Kier molecular flexibility index (Phi) is 4.18. The van der Waals surface area contributed by atoms with E-state index in [1.165, 1.54) is 0 Å². The molecule has 0 saturated carbocycles. The first-order valence-corrected chi connectivity index (χ1v) is 6.27. The molecule has 0 aromatic heterocycles. The molecule has 19 heavy (non-hydrogen) atoms. The summed E-state index contributed by atoms with van der Waals surface area (Å²) in [4.78, 5) is 10.9. The Morgan fingerprint density at radius 1 is 1.11 bits per heavy atom. The predicted molar refractivity (Wildman–Crippen MR) is 74.6 cm³/mol. The van der Waals surface area contributed by atoms with Crippen LogP contribution in [0.2, 0.25) is 0 Å². The molecule has 0 unspecified atom stereocenters. The third kappa shape index (κ3) is 3.35. The predicted octanol–water partition coefficient (Wildman–Crippen LogP) is 3.84. The first-order valence-electron chi connectivity index (χ1n) is 6.27. The molecule has 0 atom stereocenters. The monoisotopic (exact) mass is 256 g/mol. The Hall–Kier alpha value is -2.29. The minimum absolute atomic E-state index is 0.295. The lowest BCUT2D eigenvalue weighted by Gasteiger charge is -2.06. The summed E-state index contributed by atoms with van der Waals surface area (Å²) in [7, 11) is 0. The lowest BCUT2D eigenvalue weighted by Crippen LogP contribution is -1.96. The van der Waals surface area contributed by atoms with Crippen molar-refractivity contribution in [1.82, 2.24) is 0 Å². The smallest absolute Gasteiger partial charge is 0.335 e. The van der Waals surface area contributed by atoms with E-state index in [1.807, 2.05) is 30.3 Å². The van der Waals surface area contributed by atoms with Crippen LogP contribution < -0.4 is 4.74 Å². The van der Waals surface area contributed by atoms with Gasteiger partial charge in [0.15, 0.2) is 0 Å². The van der Waals surface area contributed by atoms with Gasteiger partial charge in [0.2, 0.25) is 0 Å². The number of rotatable bonds is 5. The molecule has 2 aromatic carbocycles. The minimum atomic E-state index is -0.912. The summed E-state index contributed by atoms with van der Waals surface area (Å²) in [5.74, 6) is -0.0789. The number of carbonyl (C=O) groups is 1. The summed E-state index contributed by atoms with van der Waals surface area (Å²) in [5, 5.41) is 8.98. The van der Waals surface area contributed by atoms with Crippen LogP contribution in [-0.4, -0.2) is 17.7 Å². The van der Waals surface area contributed by atoms with Gasteiger partial charge >= 0.3 is 5.97 Å². The molecule has 3 nitrogen and oxygen atoms in total. The molecule has 1 N–H and O–H groups in total. The molecule has 0 saturated heterocycles. The van der Waals surface area contributed by atoms with Crippen molar-refractivity contribution in [1.29, 1.82) is 0 Å². The molecule has 0 aliphatic heterocycles. The number of carboxylic acid groups (broad SMARTS) is 1. The number of carboxylic acids is 1. The van der Waals surface area contributed by atoms with E-state index in [2.05, 4.69) is 6.92 Å². The van der Waals surface area contributed by atoms with E-state index in [-0.39, 0.29) is 0 Å². The van der Waals surface area contributed by atoms with Crippen LogP contribution in [0.15, 0.2) is 48.5 Å². The quantitative estimate of drug-likeness (QED) is 0.884. The van der Waals surface area contributed by atoms with Gasteiger partial charge in [-0.1, -0.05) is 31.2 Å². The topological polar surface area (TPSA) is 46.5 Å². The van der Waals surface area contributed by atoms with Crippen LogP contribution in [0.5, 0.6) is 5.75 Å². The average molecular weight is 256 g/mol. The Bertz CT molecular complexity index is 558. The maximum atomic E-state index is 10.9. The normalized spacial score (nSPS) is 10.2. The number of benzene rings is 2. The third-order valence-corrected chi connectivity index (χ3v) is 2.77. The summed E-state index contributed by atoms with van der Waals surface area (Å²) >= 11 is 0. The molecule has 0 amide bonds. The van der Waals surface area contributed by atoms with E-state index < -0.39 is 5.97 Å². The second-order valence-corrected chi connectivity index (χ2v) is 4.26. The molecule has 0 aliphatic rings. The Morgan fingerprint density at radius 3 is 2.47 bits per heavy atom. The molecule has 98 valence electrons. The SMILES string of the molecule is CCCOc1ccc(-c2cccc(C(=O)O)c2)cc1. The molecular formula is C16H16O3. The summed E-state index contributed by atoms with van der Waals surface area (Å²) < 4.78 is 5.51. The lowest BCUT2D eigenvalue weighted by atomic mass is 10.0. The van der Waals surface area contributed by atoms with E-state index in [9.17, 15) is 4.79 Å². The van der Waals surface area contributed by atoms with Crippen molar-refractivity contribution < 1.29 is 14.6 Å². The first-order chi connectivity index (χ1) is 9.20. The van der Waals surface area contributed by atoms with Crippen LogP contribution in [-0.2, 0) is 0 Å². The Labute approximate surface area is 112 Å². The van der Waals surface area contributed by atoms with Gasteiger partial charge in [0.1, 0.15) is 5.75 Å². The van der Waals surface area contributed by atoms with Crippen LogP contribution in [0.25, 0.3) is 11.1 Å². The number of hydrogen-bond donors (Lipinski definition) is 1. The second-order valence-electron chi connectivity index (χ2n) is 4.26.